The zero-order chi connectivity index (χ0) is 14.1. The summed E-state index contributed by atoms with van der Waals surface area (Å²) in [6, 6.07) is 7.38. The minimum atomic E-state index is -0.339. The first-order valence-corrected chi connectivity index (χ1v) is 6.80. The second-order valence-corrected chi connectivity index (χ2v) is 5.37. The number of thiazole rings is 1. The van der Waals surface area contributed by atoms with Gasteiger partial charge < -0.3 is 0 Å². The van der Waals surface area contributed by atoms with Crippen LogP contribution in [0.3, 0.4) is 0 Å². The Morgan fingerprint density at radius 3 is 2.90 bits per heavy atom. The van der Waals surface area contributed by atoms with E-state index < -0.39 is 0 Å². The predicted octanol–water partition coefficient (Wildman–Crippen LogP) is 3.74. The summed E-state index contributed by atoms with van der Waals surface area (Å²) in [6.07, 6.45) is 1.38. The lowest BCUT2D eigenvalue weighted by Gasteiger charge is -2.00. The normalized spacial score (nSPS) is 10.7. The number of pyridine rings is 1. The fourth-order valence-electron chi connectivity index (χ4n) is 1.63. The number of halogens is 2. The summed E-state index contributed by atoms with van der Waals surface area (Å²) in [5, 5.41) is 3.37. The van der Waals surface area contributed by atoms with E-state index in [2.05, 4.69) is 15.3 Å². The number of hydrogen-bond acceptors (Lipinski definition) is 4. The van der Waals surface area contributed by atoms with Gasteiger partial charge in [-0.3, -0.25) is 10.1 Å². The highest BCUT2D eigenvalue weighted by atomic mass is 35.5. The van der Waals surface area contributed by atoms with E-state index in [-0.39, 0.29) is 11.7 Å². The third kappa shape index (κ3) is 2.61. The number of anilines is 1. The van der Waals surface area contributed by atoms with Gasteiger partial charge in [0, 0.05) is 6.20 Å². The number of nitrogens with zero attached hydrogens (tertiary/aromatic N) is 2. The molecule has 0 spiro atoms. The maximum absolute atomic E-state index is 13.1. The Morgan fingerprint density at radius 2 is 2.15 bits per heavy atom. The molecule has 0 unspecified atom stereocenters. The van der Waals surface area contributed by atoms with Gasteiger partial charge in [0.05, 0.1) is 15.8 Å². The van der Waals surface area contributed by atoms with Gasteiger partial charge in [0.15, 0.2) is 5.13 Å². The average Bonchev–Trinajstić information content (AvgIpc) is 2.80. The molecule has 0 fully saturated rings. The maximum Gasteiger partial charge on any atom is 0.259 e. The van der Waals surface area contributed by atoms with Crippen LogP contribution in [0.5, 0.6) is 0 Å². The molecule has 1 amide bonds. The van der Waals surface area contributed by atoms with Crippen molar-refractivity contribution in [3.05, 3.63) is 53.1 Å². The molecule has 3 aromatic rings. The molecule has 0 bridgehead atoms. The number of benzene rings is 1. The Hall–Kier alpha value is -2.05. The zero-order valence-electron chi connectivity index (χ0n) is 9.93. The molecule has 3 rings (SSSR count). The monoisotopic (exact) mass is 307 g/mol. The molecule has 0 aliphatic rings. The molecule has 2 aromatic heterocycles. The molecule has 0 radical (unpaired) electrons. The summed E-state index contributed by atoms with van der Waals surface area (Å²) in [4.78, 5) is 20.0. The van der Waals surface area contributed by atoms with E-state index in [4.69, 9.17) is 11.6 Å². The molecule has 1 aromatic carbocycles. The van der Waals surface area contributed by atoms with Gasteiger partial charge in [-0.15, -0.1) is 0 Å². The van der Waals surface area contributed by atoms with Gasteiger partial charge in [-0.05, 0) is 30.3 Å². The molecule has 0 aliphatic heterocycles. The van der Waals surface area contributed by atoms with Crippen LogP contribution in [0.2, 0.25) is 5.15 Å². The molecular formula is C13H7ClFN3OS. The number of aromatic nitrogens is 2. The molecule has 0 atom stereocenters. The summed E-state index contributed by atoms with van der Waals surface area (Å²) < 4.78 is 13.8. The van der Waals surface area contributed by atoms with Crippen LogP contribution in [0.25, 0.3) is 10.2 Å². The SMILES string of the molecule is O=C(Nc1nc2ccc(F)cc2s1)c1ccc(Cl)nc1. The van der Waals surface area contributed by atoms with Crippen molar-refractivity contribution in [2.45, 2.75) is 0 Å². The van der Waals surface area contributed by atoms with Crippen LogP contribution >= 0.6 is 22.9 Å². The van der Waals surface area contributed by atoms with Gasteiger partial charge in [-0.2, -0.15) is 0 Å². The highest BCUT2D eigenvalue weighted by Crippen LogP contribution is 2.26. The summed E-state index contributed by atoms with van der Waals surface area (Å²) in [7, 11) is 0. The largest absolute Gasteiger partial charge is 0.298 e. The number of rotatable bonds is 2. The minimum Gasteiger partial charge on any atom is -0.298 e. The Kier molecular flexibility index (Phi) is 3.33. The Labute approximate surface area is 122 Å². The summed E-state index contributed by atoms with van der Waals surface area (Å²) in [5.41, 5.74) is 1.01. The van der Waals surface area contributed by atoms with Crippen LogP contribution in [0.15, 0.2) is 36.5 Å². The first-order chi connectivity index (χ1) is 9.61. The molecule has 2 heterocycles. The Morgan fingerprint density at radius 1 is 1.30 bits per heavy atom. The van der Waals surface area contributed by atoms with Crippen molar-refractivity contribution in [1.29, 1.82) is 0 Å². The summed E-state index contributed by atoms with van der Waals surface area (Å²) in [6.45, 7) is 0. The van der Waals surface area contributed by atoms with Crippen molar-refractivity contribution in [2.24, 2.45) is 0 Å². The van der Waals surface area contributed by atoms with E-state index in [0.29, 0.717) is 26.1 Å². The van der Waals surface area contributed by atoms with Crippen molar-refractivity contribution in [1.82, 2.24) is 9.97 Å². The van der Waals surface area contributed by atoms with E-state index in [1.807, 2.05) is 0 Å². The topological polar surface area (TPSA) is 54.9 Å². The fraction of sp³-hybridized carbons (Fsp3) is 0. The van der Waals surface area contributed by atoms with E-state index in [1.54, 1.807) is 12.1 Å². The van der Waals surface area contributed by atoms with E-state index in [0.717, 1.165) is 0 Å². The first-order valence-electron chi connectivity index (χ1n) is 5.61. The average molecular weight is 308 g/mol. The van der Waals surface area contributed by atoms with E-state index >= 15 is 0 Å². The molecule has 1 N–H and O–H groups in total. The van der Waals surface area contributed by atoms with E-state index in [1.165, 1.54) is 35.7 Å². The van der Waals surface area contributed by atoms with Crippen LogP contribution in [0.4, 0.5) is 9.52 Å². The maximum atomic E-state index is 13.1. The quantitative estimate of drug-likeness (QED) is 0.734. The number of amides is 1. The van der Waals surface area contributed by atoms with Gasteiger partial charge in [-0.1, -0.05) is 22.9 Å². The van der Waals surface area contributed by atoms with Gasteiger partial charge in [0.1, 0.15) is 11.0 Å². The molecule has 100 valence electrons. The van der Waals surface area contributed by atoms with Gasteiger partial charge in [-0.25, -0.2) is 14.4 Å². The lowest BCUT2D eigenvalue weighted by Crippen LogP contribution is -2.11. The summed E-state index contributed by atoms with van der Waals surface area (Å²) in [5.74, 6) is -0.672. The van der Waals surface area contributed by atoms with Crippen molar-refractivity contribution in [3.8, 4) is 0 Å². The first kappa shape index (κ1) is 13.0. The number of carbonyl (C=O) groups is 1. The predicted molar refractivity (Wildman–Crippen MR) is 76.8 cm³/mol. The molecule has 0 saturated heterocycles. The second kappa shape index (κ2) is 5.15. The van der Waals surface area contributed by atoms with Gasteiger partial charge in [0.2, 0.25) is 0 Å². The minimum absolute atomic E-state index is 0.317. The van der Waals surface area contributed by atoms with Crippen LogP contribution in [0, 0.1) is 5.82 Å². The third-order valence-corrected chi connectivity index (χ3v) is 3.72. The molecular weight excluding hydrogens is 301 g/mol. The molecule has 7 heteroatoms. The van der Waals surface area contributed by atoms with Crippen LogP contribution < -0.4 is 5.32 Å². The molecule has 0 aliphatic carbocycles. The van der Waals surface area contributed by atoms with Crippen molar-refractivity contribution in [2.75, 3.05) is 5.32 Å². The number of hydrogen-bond donors (Lipinski definition) is 1. The highest BCUT2D eigenvalue weighted by molar-refractivity contribution is 7.22. The highest BCUT2D eigenvalue weighted by Gasteiger charge is 2.10. The zero-order valence-corrected chi connectivity index (χ0v) is 11.5. The molecule has 4 nitrogen and oxygen atoms in total. The lowest BCUT2D eigenvalue weighted by molar-refractivity contribution is 0.102. The fourth-order valence-corrected chi connectivity index (χ4v) is 2.63. The van der Waals surface area contributed by atoms with Crippen molar-refractivity contribution < 1.29 is 9.18 Å². The standard InChI is InChI=1S/C13H7ClFN3OS/c14-11-4-1-7(6-16-11)12(19)18-13-17-9-3-2-8(15)5-10(9)20-13/h1-6H,(H,17,18,19). The van der Waals surface area contributed by atoms with Crippen LogP contribution in [-0.4, -0.2) is 15.9 Å². The van der Waals surface area contributed by atoms with Crippen LogP contribution in [0.1, 0.15) is 10.4 Å². The number of nitrogens with one attached hydrogen (secondary N) is 1. The number of carbonyl (C=O) groups excluding carboxylic acids is 1. The Bertz CT molecular complexity index is 788. The molecule has 20 heavy (non-hydrogen) atoms. The van der Waals surface area contributed by atoms with Crippen LogP contribution in [-0.2, 0) is 0 Å². The van der Waals surface area contributed by atoms with E-state index in [9.17, 15) is 9.18 Å². The van der Waals surface area contributed by atoms with Crippen molar-refractivity contribution >= 4 is 44.2 Å². The smallest absolute Gasteiger partial charge is 0.259 e. The third-order valence-electron chi connectivity index (χ3n) is 2.56. The summed E-state index contributed by atoms with van der Waals surface area (Å²) >= 11 is 6.86. The van der Waals surface area contributed by atoms with Gasteiger partial charge >= 0.3 is 0 Å². The number of fused-ring (bicyclic) bond motifs is 1. The van der Waals surface area contributed by atoms with Crippen molar-refractivity contribution in [3.63, 3.8) is 0 Å². The van der Waals surface area contributed by atoms with Gasteiger partial charge in [0.25, 0.3) is 5.91 Å². The second-order valence-electron chi connectivity index (χ2n) is 3.95. The Balaban J connectivity index is 1.85. The lowest BCUT2D eigenvalue weighted by atomic mass is 10.3. The molecule has 0 saturated carbocycles.